The van der Waals surface area contributed by atoms with Crippen LogP contribution in [0.2, 0.25) is 0 Å². The van der Waals surface area contributed by atoms with E-state index < -0.39 is 0 Å². The van der Waals surface area contributed by atoms with Gasteiger partial charge in [-0.25, -0.2) is 0 Å². The summed E-state index contributed by atoms with van der Waals surface area (Å²) in [6, 6.07) is 29.5. The summed E-state index contributed by atoms with van der Waals surface area (Å²) in [7, 11) is 2.09. The molecule has 0 saturated carbocycles. The van der Waals surface area contributed by atoms with E-state index in [1.54, 1.807) is 0 Å². The number of nitrogens with zero attached hydrogens (tertiary/aromatic N) is 1. The fourth-order valence-corrected chi connectivity index (χ4v) is 3.52. The lowest BCUT2D eigenvalue weighted by Gasteiger charge is -2.20. The van der Waals surface area contributed by atoms with Gasteiger partial charge in [0.25, 0.3) is 0 Å². The SMILES string of the molecule is CN(c1ccc2ccccc2c1)c1cccc2c1oc1ccccc12. The summed E-state index contributed by atoms with van der Waals surface area (Å²) in [5, 5.41) is 4.80. The molecule has 4 aromatic carbocycles. The molecule has 0 amide bonds. The molecule has 120 valence electrons. The quantitative estimate of drug-likeness (QED) is 0.368. The summed E-state index contributed by atoms with van der Waals surface area (Å²) in [6.07, 6.45) is 0. The Hall–Kier alpha value is -3.26. The first-order valence-electron chi connectivity index (χ1n) is 8.44. The van der Waals surface area contributed by atoms with Crippen molar-refractivity contribution < 1.29 is 4.42 Å². The van der Waals surface area contributed by atoms with Gasteiger partial charge in [0.1, 0.15) is 5.58 Å². The van der Waals surface area contributed by atoms with Crippen LogP contribution in [-0.4, -0.2) is 7.05 Å². The number of para-hydroxylation sites is 2. The minimum Gasteiger partial charge on any atom is -0.454 e. The van der Waals surface area contributed by atoms with Gasteiger partial charge >= 0.3 is 0 Å². The van der Waals surface area contributed by atoms with E-state index in [-0.39, 0.29) is 0 Å². The Morgan fingerprint density at radius 2 is 1.44 bits per heavy atom. The fraction of sp³-hybridized carbons (Fsp3) is 0.0435. The third-order valence-corrected chi connectivity index (χ3v) is 4.87. The molecule has 2 heteroatoms. The van der Waals surface area contributed by atoms with Crippen molar-refractivity contribution in [1.82, 2.24) is 0 Å². The monoisotopic (exact) mass is 323 g/mol. The maximum absolute atomic E-state index is 6.17. The molecule has 25 heavy (non-hydrogen) atoms. The van der Waals surface area contributed by atoms with E-state index in [1.807, 2.05) is 12.1 Å². The van der Waals surface area contributed by atoms with Gasteiger partial charge in [-0.05, 0) is 35.0 Å². The third kappa shape index (κ3) is 2.18. The van der Waals surface area contributed by atoms with Gasteiger partial charge in [0.05, 0.1) is 5.69 Å². The Kier molecular flexibility index (Phi) is 3.04. The largest absolute Gasteiger partial charge is 0.454 e. The molecule has 0 spiro atoms. The molecule has 0 aliphatic rings. The second-order valence-electron chi connectivity index (χ2n) is 6.34. The Balaban J connectivity index is 1.71. The van der Waals surface area contributed by atoms with Crippen molar-refractivity contribution in [2.75, 3.05) is 11.9 Å². The van der Waals surface area contributed by atoms with Crippen molar-refractivity contribution in [3.63, 3.8) is 0 Å². The normalized spacial score (nSPS) is 11.4. The van der Waals surface area contributed by atoms with Crippen LogP contribution < -0.4 is 4.90 Å². The van der Waals surface area contributed by atoms with Crippen LogP contribution >= 0.6 is 0 Å². The van der Waals surface area contributed by atoms with Gasteiger partial charge in [-0.2, -0.15) is 0 Å². The van der Waals surface area contributed by atoms with E-state index in [0.29, 0.717) is 0 Å². The molecule has 0 radical (unpaired) electrons. The molecule has 1 heterocycles. The van der Waals surface area contributed by atoms with Crippen molar-refractivity contribution in [2.45, 2.75) is 0 Å². The van der Waals surface area contributed by atoms with Gasteiger partial charge in [0, 0.05) is 23.5 Å². The molecular weight excluding hydrogens is 306 g/mol. The molecule has 0 unspecified atom stereocenters. The van der Waals surface area contributed by atoms with E-state index in [0.717, 1.165) is 33.3 Å². The Labute approximate surface area is 145 Å². The lowest BCUT2D eigenvalue weighted by Crippen LogP contribution is -2.09. The minimum absolute atomic E-state index is 0.928. The van der Waals surface area contributed by atoms with Crippen molar-refractivity contribution in [3.8, 4) is 0 Å². The van der Waals surface area contributed by atoms with Crippen LogP contribution in [0.3, 0.4) is 0 Å². The molecule has 5 rings (SSSR count). The van der Waals surface area contributed by atoms with Crippen molar-refractivity contribution >= 4 is 44.1 Å². The highest BCUT2D eigenvalue weighted by molar-refractivity contribution is 6.09. The van der Waals surface area contributed by atoms with E-state index >= 15 is 0 Å². The molecule has 0 N–H and O–H groups in total. The highest BCUT2D eigenvalue weighted by Gasteiger charge is 2.14. The maximum atomic E-state index is 6.17. The lowest BCUT2D eigenvalue weighted by molar-refractivity contribution is 0.668. The van der Waals surface area contributed by atoms with Crippen LogP contribution in [-0.2, 0) is 0 Å². The predicted molar refractivity (Wildman–Crippen MR) is 106 cm³/mol. The van der Waals surface area contributed by atoms with Crippen LogP contribution in [0, 0.1) is 0 Å². The van der Waals surface area contributed by atoms with Crippen LogP contribution in [0.4, 0.5) is 11.4 Å². The molecule has 0 atom stereocenters. The summed E-state index contributed by atoms with van der Waals surface area (Å²) >= 11 is 0. The predicted octanol–water partition coefficient (Wildman–Crippen LogP) is 6.51. The molecule has 0 fully saturated rings. The summed E-state index contributed by atoms with van der Waals surface area (Å²) in [4.78, 5) is 2.19. The standard InChI is InChI=1S/C23H17NO/c1-24(18-14-13-16-7-2-3-8-17(16)15-18)21-11-6-10-20-19-9-4-5-12-22(19)25-23(20)21/h2-15H,1H3. The van der Waals surface area contributed by atoms with Crippen molar-refractivity contribution in [1.29, 1.82) is 0 Å². The average molecular weight is 323 g/mol. The van der Waals surface area contributed by atoms with Crippen molar-refractivity contribution in [2.24, 2.45) is 0 Å². The molecular formula is C23H17NO. The van der Waals surface area contributed by atoms with Crippen LogP contribution in [0.5, 0.6) is 0 Å². The maximum Gasteiger partial charge on any atom is 0.159 e. The number of rotatable bonds is 2. The molecule has 2 nitrogen and oxygen atoms in total. The minimum atomic E-state index is 0.928. The third-order valence-electron chi connectivity index (χ3n) is 4.87. The Morgan fingerprint density at radius 3 is 2.36 bits per heavy atom. The van der Waals surface area contributed by atoms with E-state index in [4.69, 9.17) is 4.42 Å². The first-order chi connectivity index (χ1) is 12.3. The first-order valence-corrected chi connectivity index (χ1v) is 8.44. The average Bonchev–Trinajstić information content (AvgIpc) is 3.06. The van der Waals surface area contributed by atoms with Crippen LogP contribution in [0.1, 0.15) is 0 Å². The molecule has 0 aliphatic heterocycles. The number of hydrogen-bond donors (Lipinski definition) is 0. The molecule has 0 saturated heterocycles. The molecule has 1 aromatic heterocycles. The zero-order valence-electron chi connectivity index (χ0n) is 13.9. The first kappa shape index (κ1) is 14.1. The zero-order chi connectivity index (χ0) is 16.8. The van der Waals surface area contributed by atoms with Gasteiger partial charge in [-0.15, -0.1) is 0 Å². The fourth-order valence-electron chi connectivity index (χ4n) is 3.52. The second kappa shape index (κ2) is 5.38. The summed E-state index contributed by atoms with van der Waals surface area (Å²) < 4.78 is 6.17. The topological polar surface area (TPSA) is 16.4 Å². The number of anilines is 2. The van der Waals surface area contributed by atoms with Crippen LogP contribution in [0.25, 0.3) is 32.7 Å². The van der Waals surface area contributed by atoms with Gasteiger partial charge in [-0.3, -0.25) is 0 Å². The molecule has 5 aromatic rings. The van der Waals surface area contributed by atoms with E-state index in [2.05, 4.69) is 84.7 Å². The van der Waals surface area contributed by atoms with Crippen LogP contribution in [0.15, 0.2) is 89.3 Å². The second-order valence-corrected chi connectivity index (χ2v) is 6.34. The van der Waals surface area contributed by atoms with E-state index in [9.17, 15) is 0 Å². The van der Waals surface area contributed by atoms with Gasteiger partial charge < -0.3 is 9.32 Å². The number of fused-ring (bicyclic) bond motifs is 4. The molecule has 0 bridgehead atoms. The number of furan rings is 1. The van der Waals surface area contributed by atoms with Gasteiger partial charge in [0.2, 0.25) is 0 Å². The Morgan fingerprint density at radius 1 is 0.680 bits per heavy atom. The highest BCUT2D eigenvalue weighted by Crippen LogP contribution is 2.37. The summed E-state index contributed by atoms with van der Waals surface area (Å²) in [5.41, 5.74) is 4.08. The highest BCUT2D eigenvalue weighted by atomic mass is 16.3. The van der Waals surface area contributed by atoms with Gasteiger partial charge in [-0.1, -0.05) is 60.7 Å². The summed E-state index contributed by atoms with van der Waals surface area (Å²) in [6.45, 7) is 0. The lowest BCUT2D eigenvalue weighted by atomic mass is 10.1. The number of benzene rings is 4. The number of hydrogen-bond acceptors (Lipinski definition) is 2. The van der Waals surface area contributed by atoms with E-state index in [1.165, 1.54) is 10.8 Å². The summed E-state index contributed by atoms with van der Waals surface area (Å²) in [5.74, 6) is 0. The van der Waals surface area contributed by atoms with Gasteiger partial charge in [0.15, 0.2) is 5.58 Å². The zero-order valence-corrected chi connectivity index (χ0v) is 13.9. The van der Waals surface area contributed by atoms with Crippen molar-refractivity contribution in [3.05, 3.63) is 84.9 Å². The Bertz CT molecular complexity index is 1220. The molecule has 0 aliphatic carbocycles. The smallest absolute Gasteiger partial charge is 0.159 e.